The second kappa shape index (κ2) is 7.63. The van der Waals surface area contributed by atoms with Crippen LogP contribution in [0, 0.1) is 0 Å². The van der Waals surface area contributed by atoms with Crippen LogP contribution in [0.2, 0.25) is 0 Å². The third-order valence-corrected chi connectivity index (χ3v) is 4.52. The van der Waals surface area contributed by atoms with Crippen molar-refractivity contribution < 1.29 is 24.2 Å². The minimum absolute atomic E-state index is 0.201. The lowest BCUT2D eigenvalue weighted by molar-refractivity contribution is -0.139. The molecular formula is C20H18N4O5. The molecule has 9 heteroatoms. The van der Waals surface area contributed by atoms with E-state index in [1.165, 1.54) is 19.4 Å². The van der Waals surface area contributed by atoms with E-state index in [0.717, 1.165) is 5.56 Å². The molecule has 1 aromatic heterocycles. The molecule has 4 rings (SSSR count). The van der Waals surface area contributed by atoms with Gasteiger partial charge in [-0.1, -0.05) is 0 Å². The molecule has 0 spiro atoms. The maximum atomic E-state index is 12.7. The van der Waals surface area contributed by atoms with E-state index in [-0.39, 0.29) is 11.5 Å². The number of carboxylic acids is 1. The third kappa shape index (κ3) is 3.49. The average Bonchev–Trinajstić information content (AvgIpc) is 3.23. The van der Waals surface area contributed by atoms with Gasteiger partial charge in [0.05, 0.1) is 19.3 Å². The maximum absolute atomic E-state index is 12.7. The van der Waals surface area contributed by atoms with Crippen LogP contribution in [0.15, 0.2) is 53.5 Å². The Morgan fingerprint density at radius 1 is 1.34 bits per heavy atom. The molecule has 2 aliphatic rings. The van der Waals surface area contributed by atoms with Crippen molar-refractivity contribution in [2.45, 2.75) is 0 Å². The number of allylic oxidation sites excluding steroid dienone is 1. The van der Waals surface area contributed by atoms with Crippen LogP contribution in [0.25, 0.3) is 0 Å². The number of nitrogens with one attached hydrogen (secondary N) is 1. The Morgan fingerprint density at radius 2 is 2.21 bits per heavy atom. The van der Waals surface area contributed by atoms with Gasteiger partial charge in [0.25, 0.3) is 0 Å². The second-order valence-corrected chi connectivity index (χ2v) is 6.32. The molecule has 2 aliphatic heterocycles. The van der Waals surface area contributed by atoms with Crippen LogP contribution in [0.4, 0.5) is 5.69 Å². The first-order valence-corrected chi connectivity index (χ1v) is 8.89. The summed E-state index contributed by atoms with van der Waals surface area (Å²) >= 11 is 0. The molecule has 0 saturated carbocycles. The van der Waals surface area contributed by atoms with Gasteiger partial charge in [-0.15, -0.1) is 0 Å². The van der Waals surface area contributed by atoms with Crippen LogP contribution in [-0.2, 0) is 4.79 Å². The van der Waals surface area contributed by atoms with Crippen LogP contribution in [0.3, 0.4) is 0 Å². The minimum atomic E-state index is -1.09. The van der Waals surface area contributed by atoms with E-state index in [1.807, 2.05) is 4.90 Å². The number of fused-ring (bicyclic) bond motifs is 3. The Hall–Kier alpha value is -3.88. The molecule has 0 atom stereocenters. The van der Waals surface area contributed by atoms with E-state index in [2.05, 4.69) is 15.3 Å². The number of anilines is 1. The summed E-state index contributed by atoms with van der Waals surface area (Å²) in [5.74, 6) is 0.603. The molecule has 0 radical (unpaired) electrons. The predicted molar refractivity (Wildman–Crippen MR) is 105 cm³/mol. The number of aromatic nitrogens is 1. The van der Waals surface area contributed by atoms with E-state index in [4.69, 9.17) is 14.6 Å². The molecule has 0 aliphatic carbocycles. The number of carboxylic acid groups (broad SMARTS) is 1. The molecule has 148 valence electrons. The highest BCUT2D eigenvalue weighted by molar-refractivity contribution is 6.11. The summed E-state index contributed by atoms with van der Waals surface area (Å²) in [7, 11) is 1.47. The fourth-order valence-electron chi connectivity index (χ4n) is 3.27. The lowest BCUT2D eigenvalue weighted by atomic mass is 10.1. The number of aliphatic carboxylic acids is 1. The first-order chi connectivity index (χ1) is 14.1. The zero-order valence-electron chi connectivity index (χ0n) is 15.6. The highest BCUT2D eigenvalue weighted by atomic mass is 16.5. The number of ketones is 1. The van der Waals surface area contributed by atoms with E-state index in [1.54, 1.807) is 30.5 Å². The fourth-order valence-corrected chi connectivity index (χ4v) is 3.27. The van der Waals surface area contributed by atoms with Gasteiger partial charge in [0, 0.05) is 36.1 Å². The van der Waals surface area contributed by atoms with Crippen molar-refractivity contribution in [2.24, 2.45) is 4.99 Å². The molecule has 2 N–H and O–H groups in total. The number of aliphatic imine (C=N–C) groups is 1. The van der Waals surface area contributed by atoms with Crippen molar-refractivity contribution in [3.8, 4) is 11.5 Å². The quantitative estimate of drug-likeness (QED) is 0.563. The summed E-state index contributed by atoms with van der Waals surface area (Å²) < 4.78 is 10.8. The van der Waals surface area contributed by atoms with Gasteiger partial charge in [0.1, 0.15) is 11.7 Å². The summed E-state index contributed by atoms with van der Waals surface area (Å²) in [6.45, 7) is 0.729. The summed E-state index contributed by atoms with van der Waals surface area (Å²) in [5.41, 5.74) is 1.82. The lowest BCUT2D eigenvalue weighted by Gasteiger charge is -2.32. The van der Waals surface area contributed by atoms with Gasteiger partial charge in [0.15, 0.2) is 23.9 Å². The fraction of sp³-hybridized carbons (Fsp3) is 0.200. The SMILES string of the molecule is COc1c(OCC(=O)O)ccc2c1NC(=CC(=O)c1cccnc1)N1CCN=C21. The predicted octanol–water partition coefficient (Wildman–Crippen LogP) is 1.77. The van der Waals surface area contributed by atoms with Gasteiger partial charge >= 0.3 is 5.97 Å². The van der Waals surface area contributed by atoms with Crippen LogP contribution in [0.5, 0.6) is 11.5 Å². The van der Waals surface area contributed by atoms with Gasteiger partial charge in [0.2, 0.25) is 0 Å². The van der Waals surface area contributed by atoms with Crippen molar-refractivity contribution in [3.63, 3.8) is 0 Å². The second-order valence-electron chi connectivity index (χ2n) is 6.32. The summed E-state index contributed by atoms with van der Waals surface area (Å²) in [5, 5.41) is 12.1. The maximum Gasteiger partial charge on any atom is 0.341 e. The van der Waals surface area contributed by atoms with Crippen molar-refractivity contribution in [1.29, 1.82) is 0 Å². The van der Waals surface area contributed by atoms with Crippen LogP contribution < -0.4 is 14.8 Å². The molecule has 0 saturated heterocycles. The van der Waals surface area contributed by atoms with Gasteiger partial charge in [-0.3, -0.25) is 14.8 Å². The average molecular weight is 394 g/mol. The van der Waals surface area contributed by atoms with Crippen LogP contribution >= 0.6 is 0 Å². The molecular weight excluding hydrogens is 376 g/mol. The van der Waals surface area contributed by atoms with Gasteiger partial charge in [-0.05, 0) is 24.3 Å². The Bertz CT molecular complexity index is 1030. The molecule has 3 heterocycles. The number of benzene rings is 1. The number of hydrogen-bond acceptors (Lipinski definition) is 8. The number of pyridine rings is 1. The Balaban J connectivity index is 1.74. The molecule has 2 aromatic rings. The number of carbonyl (C=O) groups is 2. The number of methoxy groups -OCH3 is 1. The molecule has 0 amide bonds. The minimum Gasteiger partial charge on any atom is -0.491 e. The summed E-state index contributed by atoms with van der Waals surface area (Å²) in [6, 6.07) is 6.84. The van der Waals surface area contributed by atoms with Crippen molar-refractivity contribution in [3.05, 3.63) is 59.7 Å². The molecule has 29 heavy (non-hydrogen) atoms. The summed E-state index contributed by atoms with van der Waals surface area (Å²) in [6.07, 6.45) is 4.60. The smallest absolute Gasteiger partial charge is 0.341 e. The lowest BCUT2D eigenvalue weighted by Crippen LogP contribution is -2.36. The molecule has 0 bridgehead atoms. The van der Waals surface area contributed by atoms with E-state index in [9.17, 15) is 9.59 Å². The molecule has 0 fully saturated rings. The first kappa shape index (κ1) is 18.5. The van der Waals surface area contributed by atoms with Gasteiger partial charge in [-0.25, -0.2) is 4.79 Å². The monoisotopic (exact) mass is 394 g/mol. The van der Waals surface area contributed by atoms with Crippen LogP contribution in [0.1, 0.15) is 15.9 Å². The molecule has 0 unspecified atom stereocenters. The number of ether oxygens (including phenoxy) is 2. The van der Waals surface area contributed by atoms with Crippen LogP contribution in [-0.4, -0.2) is 59.4 Å². The Labute approximate surface area is 166 Å². The Morgan fingerprint density at radius 3 is 2.93 bits per heavy atom. The molecule has 9 nitrogen and oxygen atoms in total. The number of carbonyl (C=O) groups excluding carboxylic acids is 1. The van der Waals surface area contributed by atoms with Gasteiger partial charge in [-0.2, -0.15) is 0 Å². The summed E-state index contributed by atoms with van der Waals surface area (Å²) in [4.78, 5) is 34.0. The highest BCUT2D eigenvalue weighted by Gasteiger charge is 2.33. The van der Waals surface area contributed by atoms with Crippen molar-refractivity contribution in [1.82, 2.24) is 9.88 Å². The van der Waals surface area contributed by atoms with E-state index < -0.39 is 12.6 Å². The standard InChI is InChI=1S/C20H18N4O5/c1-28-19-15(29-11-17(26)27)5-4-13-18(19)23-16(24-8-7-22-20(13)24)9-14(25)12-3-2-6-21-10-12/h2-6,9-10,23H,7-8,11H2,1H3,(H,26,27). The number of amidine groups is 1. The number of hydrogen-bond donors (Lipinski definition) is 2. The van der Waals surface area contributed by atoms with Crippen molar-refractivity contribution >= 4 is 23.3 Å². The molecule has 1 aromatic carbocycles. The first-order valence-electron chi connectivity index (χ1n) is 8.89. The Kier molecular flexibility index (Phi) is 4.86. The number of nitrogens with zero attached hydrogens (tertiary/aromatic N) is 3. The number of rotatable bonds is 6. The van der Waals surface area contributed by atoms with E-state index >= 15 is 0 Å². The topological polar surface area (TPSA) is 113 Å². The third-order valence-electron chi connectivity index (χ3n) is 4.52. The largest absolute Gasteiger partial charge is 0.491 e. The zero-order chi connectivity index (χ0) is 20.4. The normalized spacial score (nSPS) is 15.8. The van der Waals surface area contributed by atoms with E-state index in [0.29, 0.717) is 41.7 Å². The highest BCUT2D eigenvalue weighted by Crippen LogP contribution is 2.42. The van der Waals surface area contributed by atoms with Crippen molar-refractivity contribution in [2.75, 3.05) is 32.1 Å². The zero-order valence-corrected chi connectivity index (χ0v) is 15.6. The van der Waals surface area contributed by atoms with Gasteiger partial charge < -0.3 is 24.8 Å².